The second-order valence-electron chi connectivity index (χ2n) is 6.31. The van der Waals surface area contributed by atoms with Gasteiger partial charge in [-0.2, -0.15) is 13.2 Å². The number of rotatable bonds is 3. The molecule has 1 fully saturated rings. The van der Waals surface area contributed by atoms with E-state index in [-0.39, 0.29) is 23.1 Å². The van der Waals surface area contributed by atoms with Crippen LogP contribution in [-0.2, 0) is 6.18 Å². The zero-order chi connectivity index (χ0) is 15.7. The molecule has 1 heterocycles. The monoisotopic (exact) mass is 302 g/mol. The molecule has 21 heavy (non-hydrogen) atoms. The first-order chi connectivity index (χ1) is 9.69. The highest BCUT2D eigenvalue weighted by molar-refractivity contribution is 5.48. The Kier molecular flexibility index (Phi) is 4.30. The van der Waals surface area contributed by atoms with E-state index in [1.54, 1.807) is 0 Å². The van der Waals surface area contributed by atoms with Crippen molar-refractivity contribution in [2.24, 2.45) is 5.41 Å². The van der Waals surface area contributed by atoms with Crippen molar-refractivity contribution in [3.63, 3.8) is 0 Å². The highest BCUT2D eigenvalue weighted by Gasteiger charge is 2.36. The molecule has 0 bridgehead atoms. The summed E-state index contributed by atoms with van der Waals surface area (Å²) in [4.78, 5) is 7.06. The predicted octanol–water partition coefficient (Wildman–Crippen LogP) is 3.92. The lowest BCUT2D eigenvalue weighted by Crippen LogP contribution is -2.32. The van der Waals surface area contributed by atoms with Gasteiger partial charge in [0.2, 0.25) is 5.82 Å². The van der Waals surface area contributed by atoms with E-state index in [2.05, 4.69) is 34.4 Å². The third-order valence-corrected chi connectivity index (χ3v) is 3.79. The largest absolute Gasteiger partial charge is 0.451 e. The summed E-state index contributed by atoms with van der Waals surface area (Å²) in [7, 11) is 1.54. The van der Waals surface area contributed by atoms with Crippen LogP contribution in [0.15, 0.2) is 6.07 Å². The number of nitrogens with one attached hydrogen (secondary N) is 2. The Morgan fingerprint density at radius 3 is 2.48 bits per heavy atom. The molecule has 1 saturated carbocycles. The number of hydrogen-bond donors (Lipinski definition) is 2. The van der Waals surface area contributed by atoms with E-state index in [9.17, 15) is 13.2 Å². The summed E-state index contributed by atoms with van der Waals surface area (Å²) in [6.45, 7) is 4.36. The number of hydrogen-bond acceptors (Lipinski definition) is 4. The van der Waals surface area contributed by atoms with Crippen LogP contribution in [0, 0.1) is 5.41 Å². The van der Waals surface area contributed by atoms with Gasteiger partial charge in [-0.1, -0.05) is 20.3 Å². The second-order valence-corrected chi connectivity index (χ2v) is 6.31. The first kappa shape index (κ1) is 15.9. The van der Waals surface area contributed by atoms with Crippen LogP contribution in [0.1, 0.15) is 45.4 Å². The molecule has 0 saturated heterocycles. The number of alkyl halides is 3. The molecular formula is C14H21F3N4. The lowest BCUT2D eigenvalue weighted by Gasteiger charge is -2.35. The van der Waals surface area contributed by atoms with Crippen LogP contribution in [0.25, 0.3) is 0 Å². The smallest absolute Gasteiger partial charge is 0.373 e. The minimum Gasteiger partial charge on any atom is -0.373 e. The molecule has 0 spiro atoms. The van der Waals surface area contributed by atoms with Gasteiger partial charge in [-0.05, 0) is 24.7 Å². The van der Waals surface area contributed by atoms with E-state index in [1.807, 2.05) is 0 Å². The van der Waals surface area contributed by atoms with Crippen LogP contribution in [0.2, 0.25) is 0 Å². The van der Waals surface area contributed by atoms with Crippen LogP contribution >= 0.6 is 0 Å². The maximum Gasteiger partial charge on any atom is 0.451 e. The van der Waals surface area contributed by atoms with Crippen molar-refractivity contribution >= 4 is 11.6 Å². The minimum absolute atomic E-state index is 0.148. The Morgan fingerprint density at radius 2 is 1.90 bits per heavy atom. The van der Waals surface area contributed by atoms with E-state index < -0.39 is 12.0 Å². The topological polar surface area (TPSA) is 49.8 Å². The van der Waals surface area contributed by atoms with Gasteiger partial charge in [-0.25, -0.2) is 9.97 Å². The molecule has 118 valence electrons. The summed E-state index contributed by atoms with van der Waals surface area (Å²) in [5.74, 6) is -0.730. The minimum atomic E-state index is -4.55. The summed E-state index contributed by atoms with van der Waals surface area (Å²) in [5.41, 5.74) is 0.210. The van der Waals surface area contributed by atoms with Crippen molar-refractivity contribution in [1.29, 1.82) is 0 Å². The summed E-state index contributed by atoms with van der Waals surface area (Å²) < 4.78 is 38.4. The maximum absolute atomic E-state index is 12.8. The molecule has 1 atom stereocenters. The summed E-state index contributed by atoms with van der Waals surface area (Å²) in [6, 6.07) is 1.66. The Balaban J connectivity index is 2.19. The fourth-order valence-corrected chi connectivity index (χ4v) is 2.81. The third-order valence-electron chi connectivity index (χ3n) is 3.79. The van der Waals surface area contributed by atoms with E-state index in [4.69, 9.17) is 0 Å². The van der Waals surface area contributed by atoms with Gasteiger partial charge in [-0.15, -0.1) is 0 Å². The number of anilines is 2. The molecule has 1 aliphatic rings. The first-order valence-corrected chi connectivity index (χ1v) is 7.10. The lowest BCUT2D eigenvalue weighted by atomic mass is 9.75. The molecule has 0 aromatic carbocycles. The van der Waals surface area contributed by atoms with Gasteiger partial charge in [-0.3, -0.25) is 0 Å². The van der Waals surface area contributed by atoms with Crippen LogP contribution in [0.4, 0.5) is 24.8 Å². The van der Waals surface area contributed by atoms with Crippen LogP contribution in [0.3, 0.4) is 0 Å². The molecular weight excluding hydrogens is 281 g/mol. The molecule has 1 unspecified atom stereocenters. The van der Waals surface area contributed by atoms with E-state index in [0.717, 1.165) is 25.7 Å². The Labute approximate surface area is 122 Å². The first-order valence-electron chi connectivity index (χ1n) is 7.10. The summed E-state index contributed by atoms with van der Waals surface area (Å²) in [5, 5.41) is 5.77. The average Bonchev–Trinajstić information content (AvgIpc) is 2.36. The average molecular weight is 302 g/mol. The Hall–Kier alpha value is -1.53. The lowest BCUT2D eigenvalue weighted by molar-refractivity contribution is -0.144. The van der Waals surface area contributed by atoms with Gasteiger partial charge in [0.15, 0.2) is 0 Å². The van der Waals surface area contributed by atoms with Crippen molar-refractivity contribution in [2.45, 2.75) is 51.7 Å². The Bertz CT molecular complexity index is 499. The van der Waals surface area contributed by atoms with Crippen LogP contribution < -0.4 is 10.6 Å². The van der Waals surface area contributed by atoms with Gasteiger partial charge in [0.1, 0.15) is 11.6 Å². The molecule has 1 aromatic rings. The Morgan fingerprint density at radius 1 is 1.24 bits per heavy atom. The van der Waals surface area contributed by atoms with Gasteiger partial charge in [0, 0.05) is 19.2 Å². The number of halogens is 3. The highest BCUT2D eigenvalue weighted by Crippen LogP contribution is 2.36. The van der Waals surface area contributed by atoms with Crippen LogP contribution in [0.5, 0.6) is 0 Å². The fraction of sp³-hybridized carbons (Fsp3) is 0.714. The summed E-state index contributed by atoms with van der Waals surface area (Å²) >= 11 is 0. The second kappa shape index (κ2) is 5.69. The van der Waals surface area contributed by atoms with E-state index in [1.165, 1.54) is 13.1 Å². The van der Waals surface area contributed by atoms with Gasteiger partial charge in [0.25, 0.3) is 0 Å². The van der Waals surface area contributed by atoms with Crippen molar-refractivity contribution in [3.8, 4) is 0 Å². The molecule has 1 aromatic heterocycles. The zero-order valence-corrected chi connectivity index (χ0v) is 12.5. The maximum atomic E-state index is 12.8. The SMILES string of the molecule is CNc1cc(NC2CCCC(C)(C)C2)nc(C(F)(F)F)n1. The predicted molar refractivity (Wildman–Crippen MR) is 76.2 cm³/mol. The van der Waals surface area contributed by atoms with Gasteiger partial charge < -0.3 is 10.6 Å². The highest BCUT2D eigenvalue weighted by atomic mass is 19.4. The van der Waals surface area contributed by atoms with Crippen molar-refractivity contribution in [1.82, 2.24) is 9.97 Å². The molecule has 7 heteroatoms. The zero-order valence-electron chi connectivity index (χ0n) is 12.5. The standard InChI is InChI=1S/C14H21F3N4/c1-13(2)6-4-5-9(8-13)19-11-7-10(18-3)20-12(21-11)14(15,16)17/h7,9H,4-6,8H2,1-3H3,(H2,18,19,20,21). The number of nitrogens with zero attached hydrogens (tertiary/aromatic N) is 2. The van der Waals surface area contributed by atoms with Crippen LogP contribution in [-0.4, -0.2) is 23.1 Å². The van der Waals surface area contributed by atoms with Crippen molar-refractivity contribution < 1.29 is 13.2 Å². The molecule has 2 rings (SSSR count). The molecule has 0 radical (unpaired) electrons. The van der Waals surface area contributed by atoms with E-state index >= 15 is 0 Å². The molecule has 1 aliphatic carbocycles. The molecule has 0 amide bonds. The third kappa shape index (κ3) is 4.22. The fourth-order valence-electron chi connectivity index (χ4n) is 2.81. The van der Waals surface area contributed by atoms with Crippen molar-refractivity contribution in [2.75, 3.05) is 17.7 Å². The van der Waals surface area contributed by atoms with E-state index in [0.29, 0.717) is 0 Å². The normalized spacial score (nSPS) is 21.9. The summed E-state index contributed by atoms with van der Waals surface area (Å²) in [6.07, 6.45) is -0.461. The van der Waals surface area contributed by atoms with Gasteiger partial charge >= 0.3 is 6.18 Å². The molecule has 2 N–H and O–H groups in total. The van der Waals surface area contributed by atoms with Gasteiger partial charge in [0.05, 0.1) is 0 Å². The number of aromatic nitrogens is 2. The van der Waals surface area contributed by atoms with Crippen molar-refractivity contribution in [3.05, 3.63) is 11.9 Å². The molecule has 0 aliphatic heterocycles. The molecule has 4 nitrogen and oxygen atoms in total. The quantitative estimate of drug-likeness (QED) is 0.888.